The molecule has 0 spiro atoms. The highest BCUT2D eigenvalue weighted by atomic mass is 32.1. The van der Waals surface area contributed by atoms with Gasteiger partial charge in [0.05, 0.1) is 12.2 Å². The van der Waals surface area contributed by atoms with Gasteiger partial charge in [0.25, 0.3) is 0 Å². The van der Waals surface area contributed by atoms with Gasteiger partial charge in [-0.3, -0.25) is 4.90 Å². The number of hydrogen-bond donors (Lipinski definition) is 1. The average Bonchev–Trinajstić information content (AvgIpc) is 2.79. The molecule has 3 rings (SSSR count). The summed E-state index contributed by atoms with van der Waals surface area (Å²) in [5.74, 6) is 0.858. The van der Waals surface area contributed by atoms with Crippen LogP contribution in [0.25, 0.3) is 10.2 Å². The second-order valence-electron chi connectivity index (χ2n) is 6.88. The number of hydrogen-bond acceptors (Lipinski definition) is 6. The van der Waals surface area contributed by atoms with Gasteiger partial charge in [-0.25, -0.2) is 9.97 Å². The van der Waals surface area contributed by atoms with Crippen molar-refractivity contribution in [2.75, 3.05) is 26.2 Å². The van der Waals surface area contributed by atoms with Gasteiger partial charge < -0.3 is 10.1 Å². The minimum absolute atomic E-state index is 0.336. The molecule has 1 aliphatic heterocycles. The molecule has 1 saturated heterocycles. The summed E-state index contributed by atoms with van der Waals surface area (Å²) in [5, 5.41) is 4.83. The molecule has 0 unspecified atom stereocenters. The third-order valence-electron chi connectivity index (χ3n) is 4.57. The summed E-state index contributed by atoms with van der Waals surface area (Å²) in [5.41, 5.74) is 2.42. The Morgan fingerprint density at radius 2 is 1.88 bits per heavy atom. The first-order chi connectivity index (χ1) is 11.4. The quantitative estimate of drug-likeness (QED) is 0.842. The summed E-state index contributed by atoms with van der Waals surface area (Å²) < 4.78 is 5.79. The molecule has 132 valence electrons. The Kier molecular flexibility index (Phi) is 5.49. The fourth-order valence-corrected chi connectivity index (χ4v) is 4.84. The number of morpholine rings is 1. The summed E-state index contributed by atoms with van der Waals surface area (Å²) in [6.07, 6.45) is 0.673. The van der Waals surface area contributed by atoms with Gasteiger partial charge in [0.15, 0.2) is 0 Å². The first kappa shape index (κ1) is 17.7. The summed E-state index contributed by atoms with van der Waals surface area (Å²) in [6, 6.07) is 0. The van der Waals surface area contributed by atoms with Gasteiger partial charge in [0.2, 0.25) is 0 Å². The molecule has 0 bridgehead atoms. The van der Waals surface area contributed by atoms with Crippen molar-refractivity contribution >= 4 is 21.6 Å². The van der Waals surface area contributed by atoms with Crippen LogP contribution in [0.2, 0.25) is 0 Å². The lowest BCUT2D eigenvalue weighted by Crippen LogP contribution is -2.47. The fourth-order valence-electron chi connectivity index (χ4n) is 3.59. The molecule has 3 heterocycles. The summed E-state index contributed by atoms with van der Waals surface area (Å²) in [6.45, 7) is 15.6. The maximum atomic E-state index is 5.79. The zero-order chi connectivity index (χ0) is 17.3. The normalized spacial score (nSPS) is 22.4. The highest BCUT2D eigenvalue weighted by Gasteiger charge is 2.21. The molecule has 2 atom stereocenters. The van der Waals surface area contributed by atoms with Gasteiger partial charge in [0.1, 0.15) is 10.7 Å². The predicted octanol–water partition coefficient (Wildman–Crippen LogP) is 2.82. The van der Waals surface area contributed by atoms with Gasteiger partial charge >= 0.3 is 0 Å². The van der Waals surface area contributed by atoms with Crippen molar-refractivity contribution in [2.24, 2.45) is 0 Å². The van der Waals surface area contributed by atoms with Crippen LogP contribution in [0, 0.1) is 20.8 Å². The number of thiophene rings is 1. The minimum atomic E-state index is 0.336. The number of nitrogens with zero attached hydrogens (tertiary/aromatic N) is 3. The number of aromatic nitrogens is 2. The molecule has 0 radical (unpaired) electrons. The number of ether oxygens (including phenoxy) is 1. The third-order valence-corrected chi connectivity index (χ3v) is 5.75. The summed E-state index contributed by atoms with van der Waals surface area (Å²) in [4.78, 5) is 14.1. The first-order valence-corrected chi connectivity index (χ1v) is 9.57. The maximum absolute atomic E-state index is 5.79. The molecular formula is C18H28N4OS. The fraction of sp³-hybridized carbons (Fsp3) is 0.667. The van der Waals surface area contributed by atoms with Crippen molar-refractivity contribution in [2.45, 2.75) is 53.4 Å². The third kappa shape index (κ3) is 3.94. The first-order valence-electron chi connectivity index (χ1n) is 8.75. The molecule has 5 nitrogen and oxygen atoms in total. The molecule has 1 aliphatic rings. The van der Waals surface area contributed by atoms with Gasteiger partial charge in [-0.05, 0) is 40.2 Å². The Hall–Kier alpha value is -1.08. The Morgan fingerprint density at radius 3 is 2.58 bits per heavy atom. The highest BCUT2D eigenvalue weighted by molar-refractivity contribution is 7.18. The molecule has 0 aliphatic carbocycles. The predicted molar refractivity (Wildman–Crippen MR) is 99.8 cm³/mol. The lowest BCUT2D eigenvalue weighted by atomic mass is 10.1. The second kappa shape index (κ2) is 7.44. The van der Waals surface area contributed by atoms with Crippen LogP contribution in [0.4, 0.5) is 0 Å². The van der Waals surface area contributed by atoms with Crippen LogP contribution < -0.4 is 5.32 Å². The number of rotatable bonds is 5. The lowest BCUT2D eigenvalue weighted by Gasteiger charge is -2.35. The molecule has 24 heavy (non-hydrogen) atoms. The molecule has 6 heteroatoms. The number of aryl methyl sites for hydroxylation is 3. The summed E-state index contributed by atoms with van der Waals surface area (Å²) >= 11 is 1.79. The van der Waals surface area contributed by atoms with Crippen LogP contribution in [0.1, 0.15) is 35.8 Å². The van der Waals surface area contributed by atoms with Crippen molar-refractivity contribution in [1.82, 2.24) is 20.2 Å². The minimum Gasteiger partial charge on any atom is -0.373 e. The van der Waals surface area contributed by atoms with Crippen LogP contribution in [0.5, 0.6) is 0 Å². The van der Waals surface area contributed by atoms with Crippen molar-refractivity contribution in [3.05, 3.63) is 22.0 Å². The van der Waals surface area contributed by atoms with Gasteiger partial charge in [-0.15, -0.1) is 11.3 Å². The van der Waals surface area contributed by atoms with Crippen molar-refractivity contribution in [1.29, 1.82) is 0 Å². The standard InChI is InChI=1S/C18H28N4OS/c1-11-9-22(10-12(2)23-11)7-6-19-8-16-13(3)17-14(4)20-15(5)21-18(17)24-16/h11-12,19H,6-10H2,1-5H3/t11-,12-/m0/s1. The molecule has 0 amide bonds. The molecule has 2 aromatic heterocycles. The monoisotopic (exact) mass is 348 g/mol. The molecule has 1 N–H and O–H groups in total. The Bertz CT molecular complexity index is 705. The zero-order valence-electron chi connectivity index (χ0n) is 15.3. The average molecular weight is 349 g/mol. The van der Waals surface area contributed by atoms with Crippen LogP contribution in [-0.2, 0) is 11.3 Å². The van der Waals surface area contributed by atoms with Crippen LogP contribution in [0.3, 0.4) is 0 Å². The van der Waals surface area contributed by atoms with Crippen molar-refractivity contribution in [3.8, 4) is 0 Å². The maximum Gasteiger partial charge on any atom is 0.127 e. The molecular weight excluding hydrogens is 320 g/mol. The van der Waals surface area contributed by atoms with Gasteiger partial charge in [-0.1, -0.05) is 0 Å². The van der Waals surface area contributed by atoms with Crippen LogP contribution in [-0.4, -0.2) is 53.3 Å². The van der Waals surface area contributed by atoms with E-state index in [0.29, 0.717) is 12.2 Å². The van der Waals surface area contributed by atoms with Gasteiger partial charge in [-0.2, -0.15) is 0 Å². The smallest absolute Gasteiger partial charge is 0.127 e. The largest absolute Gasteiger partial charge is 0.373 e. The second-order valence-corrected chi connectivity index (χ2v) is 7.96. The van der Waals surface area contributed by atoms with E-state index in [0.717, 1.165) is 49.1 Å². The number of nitrogens with one attached hydrogen (secondary N) is 1. The van der Waals surface area contributed by atoms with E-state index < -0.39 is 0 Å². The van der Waals surface area contributed by atoms with Crippen molar-refractivity contribution in [3.63, 3.8) is 0 Å². The highest BCUT2D eigenvalue weighted by Crippen LogP contribution is 2.31. The molecule has 0 aromatic carbocycles. The van der Waals surface area contributed by atoms with E-state index in [1.807, 2.05) is 6.92 Å². The topological polar surface area (TPSA) is 50.3 Å². The molecule has 1 fully saturated rings. The van der Waals surface area contributed by atoms with Crippen LogP contribution >= 0.6 is 11.3 Å². The zero-order valence-corrected chi connectivity index (χ0v) is 16.2. The van der Waals surface area contributed by atoms with Crippen molar-refractivity contribution < 1.29 is 4.74 Å². The van der Waals surface area contributed by atoms with E-state index in [4.69, 9.17) is 4.74 Å². The molecule has 2 aromatic rings. The van der Waals surface area contributed by atoms with Gasteiger partial charge in [0, 0.05) is 48.7 Å². The van der Waals surface area contributed by atoms with E-state index >= 15 is 0 Å². The lowest BCUT2D eigenvalue weighted by molar-refractivity contribution is -0.0674. The van der Waals surface area contributed by atoms with E-state index in [-0.39, 0.29) is 0 Å². The molecule has 0 saturated carbocycles. The van der Waals surface area contributed by atoms with Crippen LogP contribution in [0.15, 0.2) is 0 Å². The summed E-state index contributed by atoms with van der Waals surface area (Å²) in [7, 11) is 0. The Balaban J connectivity index is 1.56. The number of fused-ring (bicyclic) bond motifs is 1. The van der Waals surface area contributed by atoms with E-state index in [1.54, 1.807) is 11.3 Å². The Morgan fingerprint density at radius 1 is 1.17 bits per heavy atom. The van der Waals surface area contributed by atoms with E-state index in [1.165, 1.54) is 15.8 Å². The van der Waals surface area contributed by atoms with E-state index in [9.17, 15) is 0 Å². The Labute approximate surface area is 148 Å². The SMILES string of the molecule is Cc1nc(C)c2c(C)c(CNCCN3C[C@H](C)O[C@@H](C)C3)sc2n1. The van der Waals surface area contributed by atoms with E-state index in [2.05, 4.69) is 47.9 Å².